The molecule has 1 atom stereocenters. The molecule has 0 spiro atoms. The van der Waals surface area contributed by atoms with Gasteiger partial charge >= 0.3 is 5.97 Å². The summed E-state index contributed by atoms with van der Waals surface area (Å²) in [5.41, 5.74) is 1.01. The summed E-state index contributed by atoms with van der Waals surface area (Å²) in [4.78, 5) is 26.5. The Hall–Kier alpha value is -2.11. The number of carboxylic acids is 1. The molecule has 0 aromatic carbocycles. The van der Waals surface area contributed by atoms with Gasteiger partial charge in [-0.15, -0.1) is 0 Å². The Morgan fingerprint density at radius 2 is 2.10 bits per heavy atom. The molecule has 1 aromatic heterocycles. The van der Waals surface area contributed by atoms with Gasteiger partial charge in [0.25, 0.3) is 5.91 Å². The van der Waals surface area contributed by atoms with Gasteiger partial charge in [-0.25, -0.2) is 0 Å². The Morgan fingerprint density at radius 1 is 1.40 bits per heavy atom. The SMILES string of the molecule is CCNC(=O)c1cc(NC(CC(=O)O)C(C)C)ccn1. The monoisotopic (exact) mass is 279 g/mol. The second kappa shape index (κ2) is 7.47. The molecule has 0 saturated carbocycles. The van der Waals surface area contributed by atoms with Crippen molar-refractivity contribution in [3.8, 4) is 0 Å². The van der Waals surface area contributed by atoms with Crippen molar-refractivity contribution in [1.29, 1.82) is 0 Å². The molecule has 0 aliphatic carbocycles. The maximum atomic E-state index is 11.7. The molecule has 0 bridgehead atoms. The topological polar surface area (TPSA) is 91.3 Å². The van der Waals surface area contributed by atoms with E-state index in [1.165, 1.54) is 6.20 Å². The molecule has 1 heterocycles. The fraction of sp³-hybridized carbons (Fsp3) is 0.500. The number of amides is 1. The zero-order valence-corrected chi connectivity index (χ0v) is 12.0. The summed E-state index contributed by atoms with van der Waals surface area (Å²) in [6, 6.07) is 3.15. The summed E-state index contributed by atoms with van der Waals surface area (Å²) in [7, 11) is 0. The van der Waals surface area contributed by atoms with Crippen LogP contribution in [0.5, 0.6) is 0 Å². The molecule has 0 saturated heterocycles. The van der Waals surface area contributed by atoms with E-state index < -0.39 is 5.97 Å². The molecule has 1 unspecified atom stereocenters. The molecular formula is C14H21N3O3. The third-order valence-corrected chi connectivity index (χ3v) is 2.88. The van der Waals surface area contributed by atoms with Crippen LogP contribution in [0.15, 0.2) is 18.3 Å². The van der Waals surface area contributed by atoms with Crippen LogP contribution in [-0.4, -0.2) is 34.6 Å². The van der Waals surface area contributed by atoms with Crippen molar-refractivity contribution in [1.82, 2.24) is 10.3 Å². The van der Waals surface area contributed by atoms with Gasteiger partial charge in [-0.05, 0) is 25.0 Å². The molecule has 20 heavy (non-hydrogen) atoms. The summed E-state index contributed by atoms with van der Waals surface area (Å²) in [5, 5.41) is 14.7. The van der Waals surface area contributed by atoms with Crippen LogP contribution in [0.4, 0.5) is 5.69 Å². The van der Waals surface area contributed by atoms with Crippen LogP contribution in [0.25, 0.3) is 0 Å². The smallest absolute Gasteiger partial charge is 0.305 e. The highest BCUT2D eigenvalue weighted by molar-refractivity contribution is 5.93. The second-order valence-electron chi connectivity index (χ2n) is 4.88. The van der Waals surface area contributed by atoms with E-state index in [1.54, 1.807) is 12.1 Å². The van der Waals surface area contributed by atoms with Gasteiger partial charge in [0, 0.05) is 24.5 Å². The van der Waals surface area contributed by atoms with E-state index in [0.717, 1.165) is 0 Å². The molecule has 0 radical (unpaired) electrons. The average Bonchev–Trinajstić information content (AvgIpc) is 2.38. The van der Waals surface area contributed by atoms with Crippen LogP contribution in [0.2, 0.25) is 0 Å². The predicted octanol–water partition coefficient (Wildman–Crippen LogP) is 1.74. The van der Waals surface area contributed by atoms with Crippen molar-refractivity contribution in [2.24, 2.45) is 5.92 Å². The van der Waals surface area contributed by atoms with Gasteiger partial charge in [-0.1, -0.05) is 13.8 Å². The number of nitrogens with one attached hydrogen (secondary N) is 2. The van der Waals surface area contributed by atoms with Gasteiger partial charge < -0.3 is 15.7 Å². The molecule has 0 aliphatic rings. The average molecular weight is 279 g/mol. The lowest BCUT2D eigenvalue weighted by Crippen LogP contribution is -2.29. The lowest BCUT2D eigenvalue weighted by molar-refractivity contribution is -0.137. The first kappa shape index (κ1) is 15.9. The molecular weight excluding hydrogens is 258 g/mol. The van der Waals surface area contributed by atoms with E-state index in [0.29, 0.717) is 17.9 Å². The molecule has 1 aromatic rings. The molecule has 0 aliphatic heterocycles. The Labute approximate surface area is 118 Å². The van der Waals surface area contributed by atoms with Gasteiger partial charge in [0.15, 0.2) is 0 Å². The predicted molar refractivity (Wildman–Crippen MR) is 76.7 cm³/mol. The number of nitrogens with zero attached hydrogens (tertiary/aromatic N) is 1. The number of aliphatic carboxylic acids is 1. The molecule has 6 nitrogen and oxygen atoms in total. The van der Waals surface area contributed by atoms with Crippen LogP contribution in [-0.2, 0) is 4.79 Å². The quantitative estimate of drug-likeness (QED) is 0.707. The first-order chi connectivity index (χ1) is 9.43. The van der Waals surface area contributed by atoms with Crippen molar-refractivity contribution in [3.05, 3.63) is 24.0 Å². The third kappa shape index (κ3) is 4.87. The van der Waals surface area contributed by atoms with E-state index >= 15 is 0 Å². The van der Waals surface area contributed by atoms with Crippen LogP contribution in [0.1, 0.15) is 37.7 Å². The van der Waals surface area contributed by atoms with E-state index in [2.05, 4.69) is 15.6 Å². The maximum absolute atomic E-state index is 11.7. The van der Waals surface area contributed by atoms with Crippen molar-refractivity contribution in [2.75, 3.05) is 11.9 Å². The number of anilines is 1. The van der Waals surface area contributed by atoms with Crippen molar-refractivity contribution in [2.45, 2.75) is 33.2 Å². The summed E-state index contributed by atoms with van der Waals surface area (Å²) >= 11 is 0. The van der Waals surface area contributed by atoms with Crippen LogP contribution < -0.4 is 10.6 Å². The summed E-state index contributed by atoms with van der Waals surface area (Å²) in [5.74, 6) is -0.933. The summed E-state index contributed by atoms with van der Waals surface area (Å²) in [6.45, 7) is 6.27. The largest absolute Gasteiger partial charge is 0.481 e. The first-order valence-electron chi connectivity index (χ1n) is 6.66. The van der Waals surface area contributed by atoms with Gasteiger partial charge in [-0.3, -0.25) is 14.6 Å². The number of hydrogen-bond acceptors (Lipinski definition) is 4. The molecule has 3 N–H and O–H groups in total. The Kier molecular flexibility index (Phi) is 5.96. The van der Waals surface area contributed by atoms with Gasteiger partial charge in [0.1, 0.15) is 5.69 Å². The standard InChI is InChI=1S/C14H21N3O3/c1-4-15-14(20)12-7-10(5-6-16-12)17-11(9(2)3)8-13(18)19/h5-7,9,11H,4,8H2,1-3H3,(H,15,20)(H,16,17)(H,18,19). The molecule has 0 fully saturated rings. The Bertz CT molecular complexity index is 474. The number of aromatic nitrogens is 1. The first-order valence-corrected chi connectivity index (χ1v) is 6.66. The fourth-order valence-corrected chi connectivity index (χ4v) is 1.75. The lowest BCUT2D eigenvalue weighted by atomic mass is 10.0. The summed E-state index contributed by atoms with van der Waals surface area (Å²) in [6.07, 6.45) is 1.56. The van der Waals surface area contributed by atoms with Gasteiger partial charge in [-0.2, -0.15) is 0 Å². The minimum atomic E-state index is -0.853. The highest BCUT2D eigenvalue weighted by Crippen LogP contribution is 2.15. The van der Waals surface area contributed by atoms with Crippen molar-refractivity contribution >= 4 is 17.6 Å². The zero-order chi connectivity index (χ0) is 15.1. The van der Waals surface area contributed by atoms with E-state index in [1.807, 2.05) is 20.8 Å². The van der Waals surface area contributed by atoms with Crippen LogP contribution in [0.3, 0.4) is 0 Å². The molecule has 110 valence electrons. The Balaban J connectivity index is 2.82. The zero-order valence-electron chi connectivity index (χ0n) is 12.0. The minimum Gasteiger partial charge on any atom is -0.481 e. The highest BCUT2D eigenvalue weighted by Gasteiger charge is 2.17. The van der Waals surface area contributed by atoms with E-state index in [4.69, 9.17) is 5.11 Å². The van der Waals surface area contributed by atoms with Gasteiger partial charge in [0.2, 0.25) is 0 Å². The van der Waals surface area contributed by atoms with Crippen LogP contribution in [0, 0.1) is 5.92 Å². The van der Waals surface area contributed by atoms with Gasteiger partial charge in [0.05, 0.1) is 6.42 Å². The minimum absolute atomic E-state index is 0.0243. The maximum Gasteiger partial charge on any atom is 0.305 e. The second-order valence-corrected chi connectivity index (χ2v) is 4.88. The number of carbonyl (C=O) groups excluding carboxylic acids is 1. The van der Waals surface area contributed by atoms with Crippen molar-refractivity contribution < 1.29 is 14.7 Å². The number of carboxylic acid groups (broad SMARTS) is 1. The highest BCUT2D eigenvalue weighted by atomic mass is 16.4. The molecule has 1 amide bonds. The normalized spacial score (nSPS) is 12.0. The molecule has 1 rings (SSSR count). The molecule has 6 heteroatoms. The number of hydrogen-bond donors (Lipinski definition) is 3. The Morgan fingerprint density at radius 3 is 2.65 bits per heavy atom. The van der Waals surface area contributed by atoms with Crippen molar-refractivity contribution in [3.63, 3.8) is 0 Å². The number of pyridine rings is 1. The lowest BCUT2D eigenvalue weighted by Gasteiger charge is -2.22. The number of rotatable bonds is 7. The summed E-state index contributed by atoms with van der Waals surface area (Å²) < 4.78 is 0. The van der Waals surface area contributed by atoms with Crippen LogP contribution >= 0.6 is 0 Å². The van der Waals surface area contributed by atoms with E-state index in [-0.39, 0.29) is 24.3 Å². The van der Waals surface area contributed by atoms with E-state index in [9.17, 15) is 9.59 Å². The number of carbonyl (C=O) groups is 2. The fourth-order valence-electron chi connectivity index (χ4n) is 1.75. The third-order valence-electron chi connectivity index (χ3n) is 2.88.